The van der Waals surface area contributed by atoms with E-state index in [9.17, 15) is 4.79 Å². The lowest BCUT2D eigenvalue weighted by atomic mass is 10.2. The fraction of sp³-hybridized carbons (Fsp3) is 0.444. The molecule has 3 N–H and O–H groups in total. The normalized spacial score (nSPS) is 10.2. The number of primary amides is 1. The number of hydrogen-bond donors (Lipinski definition) is 2. The highest BCUT2D eigenvalue weighted by molar-refractivity contribution is 7.07. The van der Waals surface area contributed by atoms with Crippen molar-refractivity contribution >= 4 is 17.2 Å². The Morgan fingerprint density at radius 3 is 3.00 bits per heavy atom. The Balaban J connectivity index is 1.99. The first-order valence-corrected chi connectivity index (χ1v) is 5.23. The number of hydrogen-bond acceptors (Lipinski definition) is 3. The Kier molecular flexibility index (Phi) is 4.49. The van der Waals surface area contributed by atoms with Crippen LogP contribution >= 0.6 is 11.3 Å². The highest BCUT2D eigenvalue weighted by atomic mass is 32.1. The number of carbonyl (C=O) groups is 1. The van der Waals surface area contributed by atoms with Gasteiger partial charge in [0.25, 0.3) is 0 Å². The minimum absolute atomic E-state index is 0.247. The van der Waals surface area contributed by atoms with Gasteiger partial charge in [-0.3, -0.25) is 4.79 Å². The van der Waals surface area contributed by atoms with Crippen LogP contribution < -0.4 is 11.1 Å². The van der Waals surface area contributed by atoms with E-state index >= 15 is 0 Å². The molecule has 0 saturated carbocycles. The Bertz CT molecular complexity index is 246. The monoisotopic (exact) mass is 198 g/mol. The van der Waals surface area contributed by atoms with Gasteiger partial charge in [-0.05, 0) is 35.4 Å². The summed E-state index contributed by atoms with van der Waals surface area (Å²) in [6.07, 6.45) is 1.44. The second kappa shape index (κ2) is 5.72. The Morgan fingerprint density at radius 1 is 1.54 bits per heavy atom. The largest absolute Gasteiger partial charge is 0.370 e. The topological polar surface area (TPSA) is 55.1 Å². The second-order valence-electron chi connectivity index (χ2n) is 2.85. The zero-order chi connectivity index (χ0) is 9.52. The quantitative estimate of drug-likeness (QED) is 0.663. The molecule has 0 fully saturated rings. The summed E-state index contributed by atoms with van der Waals surface area (Å²) in [4.78, 5) is 10.4. The summed E-state index contributed by atoms with van der Waals surface area (Å²) in [7, 11) is 0. The van der Waals surface area contributed by atoms with Gasteiger partial charge in [0, 0.05) is 13.0 Å². The Hall–Kier alpha value is -0.870. The number of rotatable bonds is 6. The molecule has 1 aromatic rings. The Morgan fingerprint density at radius 2 is 2.38 bits per heavy atom. The number of amides is 1. The van der Waals surface area contributed by atoms with Gasteiger partial charge in [-0.25, -0.2) is 0 Å². The molecule has 1 rings (SSSR count). The van der Waals surface area contributed by atoms with Crippen LogP contribution in [0.2, 0.25) is 0 Å². The number of carbonyl (C=O) groups excluding carboxylic acids is 1. The zero-order valence-electron chi connectivity index (χ0n) is 7.45. The molecule has 4 heteroatoms. The molecule has 0 atom stereocenters. The summed E-state index contributed by atoms with van der Waals surface area (Å²) in [6, 6.07) is 2.11. The summed E-state index contributed by atoms with van der Waals surface area (Å²) in [6.45, 7) is 1.59. The summed E-state index contributed by atoms with van der Waals surface area (Å²) < 4.78 is 0. The van der Waals surface area contributed by atoms with E-state index in [0.717, 1.165) is 13.0 Å². The van der Waals surface area contributed by atoms with Gasteiger partial charge in [-0.2, -0.15) is 11.3 Å². The lowest BCUT2D eigenvalue weighted by molar-refractivity contribution is -0.117. The predicted octanol–water partition coefficient (Wildman–Crippen LogP) is 0.756. The third-order valence-electron chi connectivity index (χ3n) is 1.72. The molecule has 0 radical (unpaired) electrons. The van der Waals surface area contributed by atoms with Gasteiger partial charge in [-0.15, -0.1) is 0 Å². The van der Waals surface area contributed by atoms with E-state index in [0.29, 0.717) is 13.0 Å². The van der Waals surface area contributed by atoms with Gasteiger partial charge < -0.3 is 11.1 Å². The molecule has 0 spiro atoms. The first-order chi connectivity index (χ1) is 6.29. The third-order valence-corrected chi connectivity index (χ3v) is 2.45. The molecule has 0 bridgehead atoms. The highest BCUT2D eigenvalue weighted by Gasteiger charge is 1.94. The molecule has 13 heavy (non-hydrogen) atoms. The molecule has 0 saturated heterocycles. The van der Waals surface area contributed by atoms with Crippen LogP contribution in [-0.2, 0) is 11.2 Å². The van der Waals surface area contributed by atoms with Crippen molar-refractivity contribution in [3.63, 3.8) is 0 Å². The van der Waals surface area contributed by atoms with E-state index in [4.69, 9.17) is 5.73 Å². The molecular formula is C9H14N2OS. The first-order valence-electron chi connectivity index (χ1n) is 4.29. The molecule has 1 aromatic heterocycles. The van der Waals surface area contributed by atoms with Crippen LogP contribution in [0.4, 0.5) is 0 Å². The van der Waals surface area contributed by atoms with Crippen LogP contribution in [0, 0.1) is 0 Å². The number of thiophene rings is 1. The van der Waals surface area contributed by atoms with E-state index in [1.54, 1.807) is 11.3 Å². The lowest BCUT2D eigenvalue weighted by Gasteiger charge is -2.00. The maximum atomic E-state index is 10.4. The molecule has 0 aliphatic heterocycles. The van der Waals surface area contributed by atoms with Crippen molar-refractivity contribution in [2.75, 3.05) is 13.1 Å². The van der Waals surface area contributed by atoms with Crippen molar-refractivity contribution in [2.24, 2.45) is 5.73 Å². The highest BCUT2D eigenvalue weighted by Crippen LogP contribution is 2.05. The number of nitrogens with one attached hydrogen (secondary N) is 1. The van der Waals surface area contributed by atoms with Crippen molar-refractivity contribution in [1.29, 1.82) is 0 Å². The molecule has 0 unspecified atom stereocenters. The van der Waals surface area contributed by atoms with E-state index in [2.05, 4.69) is 22.1 Å². The second-order valence-corrected chi connectivity index (χ2v) is 3.63. The van der Waals surface area contributed by atoms with E-state index in [-0.39, 0.29) is 5.91 Å². The van der Waals surface area contributed by atoms with Crippen LogP contribution in [0.1, 0.15) is 12.0 Å². The summed E-state index contributed by atoms with van der Waals surface area (Å²) in [5.41, 5.74) is 6.34. The van der Waals surface area contributed by atoms with Gasteiger partial charge >= 0.3 is 0 Å². The van der Waals surface area contributed by atoms with Gasteiger partial charge in [0.1, 0.15) is 0 Å². The molecule has 1 amide bonds. The summed E-state index contributed by atoms with van der Waals surface area (Å²) in [5, 5.41) is 7.36. The minimum atomic E-state index is -0.247. The molecule has 0 aromatic carbocycles. The van der Waals surface area contributed by atoms with E-state index in [1.807, 2.05) is 0 Å². The third kappa shape index (κ3) is 4.65. The molecule has 0 aliphatic rings. The zero-order valence-corrected chi connectivity index (χ0v) is 8.27. The molecular weight excluding hydrogens is 184 g/mol. The van der Waals surface area contributed by atoms with Crippen LogP contribution in [0.3, 0.4) is 0 Å². The van der Waals surface area contributed by atoms with Crippen molar-refractivity contribution in [3.8, 4) is 0 Å². The van der Waals surface area contributed by atoms with Gasteiger partial charge in [-0.1, -0.05) is 0 Å². The van der Waals surface area contributed by atoms with Gasteiger partial charge in [0.2, 0.25) is 5.91 Å². The molecule has 3 nitrogen and oxygen atoms in total. The fourth-order valence-corrected chi connectivity index (χ4v) is 1.71. The molecule has 0 aliphatic carbocycles. The van der Waals surface area contributed by atoms with Crippen LogP contribution in [0.25, 0.3) is 0 Å². The van der Waals surface area contributed by atoms with Crippen LogP contribution in [0.5, 0.6) is 0 Å². The predicted molar refractivity (Wildman–Crippen MR) is 54.7 cm³/mol. The first kappa shape index (κ1) is 10.2. The summed E-state index contributed by atoms with van der Waals surface area (Å²) >= 11 is 1.71. The van der Waals surface area contributed by atoms with Gasteiger partial charge in [0.15, 0.2) is 0 Å². The van der Waals surface area contributed by atoms with Crippen LogP contribution in [0.15, 0.2) is 16.8 Å². The summed E-state index contributed by atoms with van der Waals surface area (Å²) in [5.74, 6) is -0.247. The van der Waals surface area contributed by atoms with E-state index < -0.39 is 0 Å². The minimum Gasteiger partial charge on any atom is -0.370 e. The lowest BCUT2D eigenvalue weighted by Crippen LogP contribution is -2.23. The van der Waals surface area contributed by atoms with Crippen LogP contribution in [-0.4, -0.2) is 19.0 Å². The molecule has 72 valence electrons. The average Bonchev–Trinajstić information content (AvgIpc) is 2.55. The SMILES string of the molecule is NC(=O)CCNCCc1ccsc1. The average molecular weight is 198 g/mol. The number of nitrogens with two attached hydrogens (primary N) is 1. The van der Waals surface area contributed by atoms with Crippen molar-refractivity contribution in [3.05, 3.63) is 22.4 Å². The smallest absolute Gasteiger partial charge is 0.218 e. The maximum Gasteiger partial charge on any atom is 0.218 e. The van der Waals surface area contributed by atoms with Crippen molar-refractivity contribution in [1.82, 2.24) is 5.32 Å². The fourth-order valence-electron chi connectivity index (χ4n) is 1.00. The van der Waals surface area contributed by atoms with Gasteiger partial charge in [0.05, 0.1) is 0 Å². The standard InChI is InChI=1S/C9H14N2OS/c10-9(12)2-5-11-4-1-8-3-6-13-7-8/h3,6-7,11H,1-2,4-5H2,(H2,10,12). The maximum absolute atomic E-state index is 10.4. The Labute approximate surface area is 81.9 Å². The molecule has 1 heterocycles. The van der Waals surface area contributed by atoms with Crippen molar-refractivity contribution in [2.45, 2.75) is 12.8 Å². The van der Waals surface area contributed by atoms with Crippen molar-refractivity contribution < 1.29 is 4.79 Å². The van der Waals surface area contributed by atoms with E-state index in [1.165, 1.54) is 5.56 Å².